The Hall–Kier alpha value is -1.81. The SMILES string of the molecule is COc1ccccc1C(C)(O)Cc1nccn1C. The molecule has 0 bridgehead atoms. The minimum atomic E-state index is -1.01. The molecule has 0 aliphatic heterocycles. The number of methoxy groups -OCH3 is 1. The van der Waals surface area contributed by atoms with Gasteiger partial charge >= 0.3 is 0 Å². The van der Waals surface area contributed by atoms with Gasteiger partial charge in [-0.3, -0.25) is 0 Å². The highest BCUT2D eigenvalue weighted by molar-refractivity contribution is 5.38. The van der Waals surface area contributed by atoms with Gasteiger partial charge in [0, 0.05) is 31.4 Å². The third-order valence-corrected chi connectivity index (χ3v) is 3.11. The normalized spacial score (nSPS) is 14.2. The Bertz CT molecular complexity index is 532. The number of para-hydroxylation sites is 1. The van der Waals surface area contributed by atoms with Gasteiger partial charge in [-0.1, -0.05) is 18.2 Å². The molecule has 4 heteroatoms. The van der Waals surface area contributed by atoms with Gasteiger partial charge in [0.2, 0.25) is 0 Å². The maximum atomic E-state index is 10.7. The van der Waals surface area contributed by atoms with Crippen molar-refractivity contribution in [3.8, 4) is 5.75 Å². The van der Waals surface area contributed by atoms with Crippen LogP contribution in [-0.2, 0) is 19.1 Å². The standard InChI is InChI=1S/C14H18N2O2/c1-14(17,10-13-15-8-9-16(13)2)11-6-4-5-7-12(11)18-3/h4-9,17H,10H2,1-3H3. The minimum absolute atomic E-state index is 0.441. The van der Waals surface area contributed by atoms with Gasteiger partial charge in [-0.25, -0.2) is 4.98 Å². The van der Waals surface area contributed by atoms with E-state index in [0.29, 0.717) is 12.2 Å². The van der Waals surface area contributed by atoms with Crippen LogP contribution in [0.15, 0.2) is 36.7 Å². The molecule has 96 valence electrons. The van der Waals surface area contributed by atoms with Crippen molar-refractivity contribution < 1.29 is 9.84 Å². The van der Waals surface area contributed by atoms with E-state index in [1.165, 1.54) is 0 Å². The van der Waals surface area contributed by atoms with Gasteiger partial charge in [-0.2, -0.15) is 0 Å². The van der Waals surface area contributed by atoms with Crippen molar-refractivity contribution in [2.75, 3.05) is 7.11 Å². The van der Waals surface area contributed by atoms with Crippen molar-refractivity contribution >= 4 is 0 Å². The first-order valence-electron chi connectivity index (χ1n) is 5.86. The zero-order valence-corrected chi connectivity index (χ0v) is 10.9. The second-order valence-electron chi connectivity index (χ2n) is 4.61. The molecule has 0 saturated heterocycles. The summed E-state index contributed by atoms with van der Waals surface area (Å²) in [6.07, 6.45) is 4.04. The highest BCUT2D eigenvalue weighted by Crippen LogP contribution is 2.31. The summed E-state index contributed by atoms with van der Waals surface area (Å²) < 4.78 is 7.20. The van der Waals surface area contributed by atoms with Crippen LogP contribution < -0.4 is 4.74 Å². The number of benzene rings is 1. The highest BCUT2D eigenvalue weighted by Gasteiger charge is 2.28. The predicted molar refractivity (Wildman–Crippen MR) is 69.5 cm³/mol. The molecule has 18 heavy (non-hydrogen) atoms. The average molecular weight is 246 g/mol. The van der Waals surface area contributed by atoms with Crippen LogP contribution in [0.3, 0.4) is 0 Å². The van der Waals surface area contributed by atoms with Crippen LogP contribution in [0.1, 0.15) is 18.3 Å². The maximum Gasteiger partial charge on any atom is 0.124 e. The van der Waals surface area contributed by atoms with Crippen LogP contribution >= 0.6 is 0 Å². The number of nitrogens with zero attached hydrogens (tertiary/aromatic N) is 2. The summed E-state index contributed by atoms with van der Waals surface area (Å²) in [6, 6.07) is 7.51. The lowest BCUT2D eigenvalue weighted by molar-refractivity contribution is 0.0521. The van der Waals surface area contributed by atoms with Crippen molar-refractivity contribution in [3.63, 3.8) is 0 Å². The number of hydrogen-bond acceptors (Lipinski definition) is 3. The van der Waals surface area contributed by atoms with E-state index in [-0.39, 0.29) is 0 Å². The Labute approximate surface area is 107 Å². The zero-order chi connectivity index (χ0) is 13.2. The minimum Gasteiger partial charge on any atom is -0.496 e. The Morgan fingerprint density at radius 2 is 2.11 bits per heavy atom. The number of hydrogen-bond donors (Lipinski definition) is 1. The molecule has 0 amide bonds. The second kappa shape index (κ2) is 4.82. The fourth-order valence-corrected chi connectivity index (χ4v) is 2.06. The third kappa shape index (κ3) is 2.38. The van der Waals surface area contributed by atoms with E-state index in [0.717, 1.165) is 11.4 Å². The first-order valence-corrected chi connectivity index (χ1v) is 5.86. The zero-order valence-electron chi connectivity index (χ0n) is 10.9. The number of rotatable bonds is 4. The predicted octanol–water partition coefficient (Wildman–Crippen LogP) is 1.88. The smallest absolute Gasteiger partial charge is 0.124 e. The summed E-state index contributed by atoms with van der Waals surface area (Å²) in [5.41, 5.74) is -0.235. The van der Waals surface area contributed by atoms with Gasteiger partial charge < -0.3 is 14.4 Å². The van der Waals surface area contributed by atoms with Gasteiger partial charge in [0.25, 0.3) is 0 Å². The van der Waals surface area contributed by atoms with Crippen LogP contribution in [0.25, 0.3) is 0 Å². The van der Waals surface area contributed by atoms with Gasteiger partial charge in [-0.05, 0) is 13.0 Å². The van der Waals surface area contributed by atoms with E-state index in [4.69, 9.17) is 4.74 Å². The van der Waals surface area contributed by atoms with Crippen molar-refractivity contribution in [2.24, 2.45) is 7.05 Å². The molecule has 4 nitrogen and oxygen atoms in total. The molecule has 1 unspecified atom stereocenters. The van der Waals surface area contributed by atoms with Gasteiger partial charge in [-0.15, -0.1) is 0 Å². The van der Waals surface area contributed by atoms with E-state index in [9.17, 15) is 5.11 Å². The van der Waals surface area contributed by atoms with E-state index >= 15 is 0 Å². The molecule has 1 heterocycles. The molecule has 0 fully saturated rings. The van der Waals surface area contributed by atoms with Gasteiger partial charge in [0.1, 0.15) is 11.6 Å². The molecule has 0 radical (unpaired) electrons. The van der Waals surface area contributed by atoms with Crippen LogP contribution in [0.4, 0.5) is 0 Å². The fraction of sp³-hybridized carbons (Fsp3) is 0.357. The first-order chi connectivity index (χ1) is 8.54. The Morgan fingerprint density at radius 3 is 2.72 bits per heavy atom. The molecule has 2 rings (SSSR count). The molecule has 1 N–H and O–H groups in total. The average Bonchev–Trinajstić information content (AvgIpc) is 2.74. The van der Waals surface area contributed by atoms with Crippen LogP contribution in [-0.4, -0.2) is 21.8 Å². The molecular weight excluding hydrogens is 228 g/mol. The van der Waals surface area contributed by atoms with E-state index in [1.54, 1.807) is 20.2 Å². The Morgan fingerprint density at radius 1 is 1.39 bits per heavy atom. The number of aryl methyl sites for hydroxylation is 1. The van der Waals surface area contributed by atoms with Crippen molar-refractivity contribution in [1.82, 2.24) is 9.55 Å². The molecule has 0 saturated carbocycles. The third-order valence-electron chi connectivity index (χ3n) is 3.11. The Kier molecular flexibility index (Phi) is 3.39. The van der Waals surface area contributed by atoms with E-state index in [1.807, 2.05) is 42.1 Å². The van der Waals surface area contributed by atoms with Crippen LogP contribution in [0.5, 0.6) is 5.75 Å². The molecule has 1 atom stereocenters. The summed E-state index contributed by atoms with van der Waals surface area (Å²) in [5, 5.41) is 10.7. The van der Waals surface area contributed by atoms with Crippen LogP contribution in [0.2, 0.25) is 0 Å². The Balaban J connectivity index is 2.33. The molecule has 0 spiro atoms. The van der Waals surface area contributed by atoms with Gasteiger partial charge in [0.15, 0.2) is 0 Å². The van der Waals surface area contributed by atoms with E-state index < -0.39 is 5.60 Å². The van der Waals surface area contributed by atoms with Crippen molar-refractivity contribution in [3.05, 3.63) is 48.0 Å². The summed E-state index contributed by atoms with van der Waals surface area (Å²) in [7, 11) is 3.52. The fourth-order valence-electron chi connectivity index (χ4n) is 2.06. The lowest BCUT2D eigenvalue weighted by atomic mass is 9.91. The summed E-state index contributed by atoms with van der Waals surface area (Å²) in [6.45, 7) is 1.78. The summed E-state index contributed by atoms with van der Waals surface area (Å²) in [5.74, 6) is 1.53. The molecule has 0 aliphatic rings. The number of aliphatic hydroxyl groups is 1. The van der Waals surface area contributed by atoms with E-state index in [2.05, 4.69) is 4.98 Å². The number of ether oxygens (including phenoxy) is 1. The second-order valence-corrected chi connectivity index (χ2v) is 4.61. The van der Waals surface area contributed by atoms with Crippen molar-refractivity contribution in [2.45, 2.75) is 18.9 Å². The molecule has 1 aromatic heterocycles. The molecule has 2 aromatic rings. The molecular formula is C14H18N2O2. The lowest BCUT2D eigenvalue weighted by Gasteiger charge is -2.25. The largest absolute Gasteiger partial charge is 0.496 e. The summed E-state index contributed by atoms with van der Waals surface area (Å²) in [4.78, 5) is 4.24. The molecule has 1 aromatic carbocycles. The summed E-state index contributed by atoms with van der Waals surface area (Å²) >= 11 is 0. The lowest BCUT2D eigenvalue weighted by Crippen LogP contribution is -2.26. The van der Waals surface area contributed by atoms with Crippen molar-refractivity contribution in [1.29, 1.82) is 0 Å². The first kappa shape index (κ1) is 12.6. The maximum absolute atomic E-state index is 10.7. The quantitative estimate of drug-likeness (QED) is 0.896. The monoisotopic (exact) mass is 246 g/mol. The van der Waals surface area contributed by atoms with Gasteiger partial charge in [0.05, 0.1) is 12.7 Å². The topological polar surface area (TPSA) is 47.3 Å². The highest BCUT2D eigenvalue weighted by atomic mass is 16.5. The molecule has 0 aliphatic carbocycles. The number of imidazole rings is 1. The van der Waals surface area contributed by atoms with Crippen LogP contribution in [0, 0.1) is 0 Å². The number of aromatic nitrogens is 2.